The molecule has 8 heteroatoms. The number of pyridine rings is 1. The minimum Gasteiger partial charge on any atom is -0.497 e. The quantitative estimate of drug-likeness (QED) is 0.655. The van der Waals surface area contributed by atoms with Crippen LogP contribution in [0.25, 0.3) is 11.3 Å². The number of rotatable bonds is 6. The molecule has 1 fully saturated rings. The third kappa shape index (κ3) is 4.91. The van der Waals surface area contributed by atoms with Gasteiger partial charge in [0.2, 0.25) is 5.91 Å². The van der Waals surface area contributed by atoms with E-state index in [4.69, 9.17) is 9.47 Å². The fraction of sp³-hybridized carbons (Fsp3) is 0.304. The van der Waals surface area contributed by atoms with E-state index in [1.807, 2.05) is 24.3 Å². The molecule has 31 heavy (non-hydrogen) atoms. The molecule has 3 aromatic rings. The van der Waals surface area contributed by atoms with Gasteiger partial charge in [-0.1, -0.05) is 0 Å². The van der Waals surface area contributed by atoms with Gasteiger partial charge in [0, 0.05) is 54.9 Å². The van der Waals surface area contributed by atoms with Gasteiger partial charge in [-0.25, -0.2) is 0 Å². The summed E-state index contributed by atoms with van der Waals surface area (Å²) in [6.07, 6.45) is 5.22. The van der Waals surface area contributed by atoms with E-state index in [9.17, 15) is 4.79 Å². The summed E-state index contributed by atoms with van der Waals surface area (Å²) >= 11 is 0. The van der Waals surface area contributed by atoms with Crippen molar-refractivity contribution in [3.8, 4) is 22.8 Å². The van der Waals surface area contributed by atoms with Crippen molar-refractivity contribution in [1.29, 1.82) is 0 Å². The van der Waals surface area contributed by atoms with E-state index < -0.39 is 0 Å². The van der Waals surface area contributed by atoms with Crippen molar-refractivity contribution < 1.29 is 14.3 Å². The number of anilines is 2. The molecule has 160 valence electrons. The van der Waals surface area contributed by atoms with Gasteiger partial charge in [-0.3, -0.25) is 9.78 Å². The molecule has 1 amide bonds. The van der Waals surface area contributed by atoms with Crippen LogP contribution in [0.15, 0.2) is 54.9 Å². The highest BCUT2D eigenvalue weighted by Gasteiger charge is 2.27. The van der Waals surface area contributed by atoms with Crippen LogP contribution in [0.4, 0.5) is 11.5 Å². The smallest absolute Gasteiger partial charge is 0.229 e. The van der Waals surface area contributed by atoms with Crippen LogP contribution in [0, 0.1) is 5.92 Å². The van der Waals surface area contributed by atoms with Crippen LogP contribution in [0.5, 0.6) is 11.5 Å². The molecule has 2 aromatic heterocycles. The highest BCUT2D eigenvalue weighted by molar-refractivity contribution is 5.93. The Morgan fingerprint density at radius 2 is 1.90 bits per heavy atom. The summed E-state index contributed by atoms with van der Waals surface area (Å²) in [4.78, 5) is 19.2. The van der Waals surface area contributed by atoms with Crippen LogP contribution in [0.3, 0.4) is 0 Å². The Morgan fingerprint density at radius 1 is 1.10 bits per heavy atom. The number of aromatic nitrogens is 3. The van der Waals surface area contributed by atoms with E-state index >= 15 is 0 Å². The van der Waals surface area contributed by atoms with Crippen LogP contribution in [-0.4, -0.2) is 48.4 Å². The lowest BCUT2D eigenvalue weighted by molar-refractivity contribution is -0.120. The van der Waals surface area contributed by atoms with Gasteiger partial charge in [0.1, 0.15) is 11.5 Å². The predicted octanol–water partition coefficient (Wildman–Crippen LogP) is 3.41. The lowest BCUT2D eigenvalue weighted by atomic mass is 9.97. The van der Waals surface area contributed by atoms with Gasteiger partial charge in [-0.05, 0) is 37.1 Å². The van der Waals surface area contributed by atoms with Crippen molar-refractivity contribution >= 4 is 17.4 Å². The normalized spacial score (nSPS) is 15.9. The Kier molecular flexibility index (Phi) is 6.26. The van der Waals surface area contributed by atoms with Crippen molar-refractivity contribution in [2.24, 2.45) is 5.92 Å². The first-order valence-corrected chi connectivity index (χ1v) is 10.2. The number of benzene rings is 1. The Morgan fingerprint density at radius 3 is 2.55 bits per heavy atom. The number of carbonyl (C=O) groups is 1. The van der Waals surface area contributed by atoms with Crippen molar-refractivity contribution in [2.45, 2.75) is 12.8 Å². The Bertz CT molecular complexity index is 1000. The standard InChI is InChI=1S/C23H25N5O3/c1-30-19-11-18(12-20(13-19)31-2)25-23(29)17-6-4-10-28(15-17)22-8-7-21(26-27-22)16-5-3-9-24-14-16/h3,5,7-9,11-14,17H,4,6,10,15H2,1-2H3,(H,25,29). The second-order valence-corrected chi connectivity index (χ2v) is 7.39. The Labute approximate surface area is 181 Å². The molecule has 8 nitrogen and oxygen atoms in total. The number of amides is 1. The van der Waals surface area contributed by atoms with Gasteiger partial charge in [-0.2, -0.15) is 0 Å². The molecule has 0 aliphatic carbocycles. The zero-order valence-electron chi connectivity index (χ0n) is 17.6. The monoisotopic (exact) mass is 419 g/mol. The minimum atomic E-state index is -0.147. The molecular weight excluding hydrogens is 394 g/mol. The van der Waals surface area contributed by atoms with Crippen LogP contribution in [-0.2, 0) is 4.79 Å². The zero-order chi connectivity index (χ0) is 21.6. The molecule has 0 saturated carbocycles. The predicted molar refractivity (Wildman–Crippen MR) is 118 cm³/mol. The summed E-state index contributed by atoms with van der Waals surface area (Å²) in [5.41, 5.74) is 2.35. The number of hydrogen-bond acceptors (Lipinski definition) is 7. The molecule has 1 aliphatic heterocycles. The summed E-state index contributed by atoms with van der Waals surface area (Å²) in [5.74, 6) is 1.85. The van der Waals surface area contributed by atoms with E-state index in [2.05, 4.69) is 25.4 Å². The van der Waals surface area contributed by atoms with Gasteiger partial charge >= 0.3 is 0 Å². The average molecular weight is 419 g/mol. The molecule has 1 saturated heterocycles. The zero-order valence-corrected chi connectivity index (χ0v) is 17.6. The summed E-state index contributed by atoms with van der Waals surface area (Å²) in [6.45, 7) is 1.44. The van der Waals surface area contributed by atoms with Crippen molar-refractivity contribution in [1.82, 2.24) is 15.2 Å². The number of hydrogen-bond donors (Lipinski definition) is 1. The third-order valence-corrected chi connectivity index (χ3v) is 5.34. The maximum Gasteiger partial charge on any atom is 0.229 e. The minimum absolute atomic E-state index is 0.0278. The molecule has 4 rings (SSSR count). The molecule has 1 aliphatic rings. The molecule has 3 heterocycles. The number of nitrogens with one attached hydrogen (secondary N) is 1. The van der Waals surface area contributed by atoms with Crippen molar-refractivity contribution in [3.63, 3.8) is 0 Å². The van der Waals surface area contributed by atoms with Crippen molar-refractivity contribution in [3.05, 3.63) is 54.9 Å². The summed E-state index contributed by atoms with van der Waals surface area (Å²) in [7, 11) is 3.17. The van der Waals surface area contributed by atoms with Crippen LogP contribution < -0.4 is 19.7 Å². The Balaban J connectivity index is 1.43. The molecule has 1 N–H and O–H groups in total. The molecule has 0 spiro atoms. The maximum absolute atomic E-state index is 12.9. The average Bonchev–Trinajstić information content (AvgIpc) is 2.84. The second-order valence-electron chi connectivity index (χ2n) is 7.39. The highest BCUT2D eigenvalue weighted by Crippen LogP contribution is 2.28. The number of methoxy groups -OCH3 is 2. The molecule has 1 aromatic carbocycles. The molecule has 0 radical (unpaired) electrons. The van der Waals surface area contributed by atoms with Gasteiger partial charge in [0.15, 0.2) is 5.82 Å². The number of carbonyl (C=O) groups excluding carboxylic acids is 1. The van der Waals surface area contributed by atoms with Gasteiger partial charge in [-0.15, -0.1) is 10.2 Å². The topological polar surface area (TPSA) is 89.5 Å². The van der Waals surface area contributed by atoms with Gasteiger partial charge in [0.25, 0.3) is 0 Å². The molecule has 0 bridgehead atoms. The number of ether oxygens (including phenoxy) is 2. The summed E-state index contributed by atoms with van der Waals surface area (Å²) in [5, 5.41) is 11.7. The van der Waals surface area contributed by atoms with Gasteiger partial charge < -0.3 is 19.7 Å². The van der Waals surface area contributed by atoms with E-state index in [0.717, 1.165) is 36.5 Å². The second kappa shape index (κ2) is 9.42. The maximum atomic E-state index is 12.9. The largest absolute Gasteiger partial charge is 0.497 e. The van der Waals surface area contributed by atoms with Crippen LogP contribution >= 0.6 is 0 Å². The highest BCUT2D eigenvalue weighted by atomic mass is 16.5. The molecule has 1 atom stereocenters. The SMILES string of the molecule is COc1cc(NC(=O)C2CCCN(c3ccc(-c4cccnc4)nn3)C2)cc(OC)c1. The van der Waals surface area contributed by atoms with Gasteiger partial charge in [0.05, 0.1) is 25.8 Å². The van der Waals surface area contributed by atoms with E-state index in [-0.39, 0.29) is 11.8 Å². The lowest BCUT2D eigenvalue weighted by Gasteiger charge is -2.32. The molecular formula is C23H25N5O3. The van der Waals surface area contributed by atoms with E-state index in [1.165, 1.54) is 0 Å². The Hall–Kier alpha value is -3.68. The van der Waals surface area contributed by atoms with E-state index in [0.29, 0.717) is 23.7 Å². The fourth-order valence-electron chi connectivity index (χ4n) is 3.69. The van der Waals surface area contributed by atoms with E-state index in [1.54, 1.807) is 44.8 Å². The third-order valence-electron chi connectivity index (χ3n) is 5.34. The summed E-state index contributed by atoms with van der Waals surface area (Å²) < 4.78 is 10.6. The first-order valence-electron chi connectivity index (χ1n) is 10.2. The molecule has 1 unspecified atom stereocenters. The summed E-state index contributed by atoms with van der Waals surface area (Å²) in [6, 6.07) is 13.0. The number of nitrogens with zero attached hydrogens (tertiary/aromatic N) is 4. The first-order chi connectivity index (χ1) is 15.2. The fourth-order valence-corrected chi connectivity index (χ4v) is 3.69. The lowest BCUT2D eigenvalue weighted by Crippen LogP contribution is -2.41. The van der Waals surface area contributed by atoms with Crippen LogP contribution in [0.1, 0.15) is 12.8 Å². The van der Waals surface area contributed by atoms with Crippen molar-refractivity contribution in [2.75, 3.05) is 37.5 Å². The first kappa shape index (κ1) is 20.6. The number of piperidine rings is 1. The van der Waals surface area contributed by atoms with Crippen LogP contribution in [0.2, 0.25) is 0 Å².